The fraction of sp³-hybridized carbons (Fsp3) is 0.333. The molecule has 0 fully saturated rings. The number of aryl methyl sites for hydroxylation is 1. The van der Waals surface area contributed by atoms with Crippen LogP contribution in [-0.4, -0.2) is 10.9 Å². The van der Waals surface area contributed by atoms with E-state index in [0.717, 1.165) is 11.3 Å². The van der Waals surface area contributed by atoms with Gasteiger partial charge in [-0.3, -0.25) is 4.79 Å². The maximum absolute atomic E-state index is 11.7. The molecule has 0 aromatic heterocycles. The monoisotopic (exact) mass is 236 g/mol. The van der Waals surface area contributed by atoms with Crippen molar-refractivity contribution in [3.8, 4) is 0 Å². The third-order valence-corrected chi connectivity index (χ3v) is 2.44. The third kappa shape index (κ3) is 3.98. The minimum Gasteiger partial charge on any atom is -0.393 e. The Kier molecular flexibility index (Phi) is 4.43. The van der Waals surface area contributed by atoms with E-state index < -0.39 is 0 Å². The van der Waals surface area contributed by atoms with Gasteiger partial charge in [-0.25, -0.2) is 0 Å². The molecular weight excluding hydrogens is 220 g/mol. The molecule has 86 valence electrons. The smallest absolute Gasteiger partial charge is 0.227 e. The van der Waals surface area contributed by atoms with Crippen LogP contribution in [0.3, 0.4) is 0 Å². The zero-order valence-electron chi connectivity index (χ0n) is 9.49. The number of carbonyl (C=O) groups excluding carboxylic acids is 1. The Morgan fingerprint density at radius 2 is 2.00 bits per heavy atom. The first-order valence-electron chi connectivity index (χ1n) is 5.15. The Morgan fingerprint density at radius 3 is 2.50 bits per heavy atom. The highest BCUT2D eigenvalue weighted by atomic mass is 32.1. The molecule has 1 unspecified atom stereocenters. The van der Waals surface area contributed by atoms with Crippen molar-refractivity contribution in [2.75, 3.05) is 5.32 Å². The number of nitrogens with two attached hydrogens (primary N) is 1. The van der Waals surface area contributed by atoms with Crippen molar-refractivity contribution in [1.29, 1.82) is 0 Å². The van der Waals surface area contributed by atoms with Crippen molar-refractivity contribution in [3.05, 3.63) is 29.8 Å². The van der Waals surface area contributed by atoms with E-state index in [1.807, 2.05) is 38.1 Å². The Hall–Kier alpha value is -1.42. The van der Waals surface area contributed by atoms with Gasteiger partial charge in [0, 0.05) is 18.0 Å². The molecule has 3 nitrogen and oxygen atoms in total. The van der Waals surface area contributed by atoms with Crippen LogP contribution in [0.15, 0.2) is 24.3 Å². The number of rotatable bonds is 4. The molecule has 1 aromatic rings. The van der Waals surface area contributed by atoms with Crippen LogP contribution in [0.2, 0.25) is 0 Å². The van der Waals surface area contributed by atoms with Crippen LogP contribution in [0.25, 0.3) is 0 Å². The SMILES string of the molecule is Cc1ccc(NC(=O)C(C)CC(N)=S)cc1. The van der Waals surface area contributed by atoms with Gasteiger partial charge in [-0.1, -0.05) is 36.8 Å². The van der Waals surface area contributed by atoms with Gasteiger partial charge in [-0.05, 0) is 19.1 Å². The number of nitrogens with one attached hydrogen (secondary N) is 1. The lowest BCUT2D eigenvalue weighted by Gasteiger charge is -2.11. The highest BCUT2D eigenvalue weighted by molar-refractivity contribution is 7.80. The molecule has 0 aliphatic carbocycles. The second-order valence-corrected chi connectivity index (χ2v) is 4.45. The van der Waals surface area contributed by atoms with E-state index in [0.29, 0.717) is 11.4 Å². The van der Waals surface area contributed by atoms with Crippen molar-refractivity contribution in [1.82, 2.24) is 0 Å². The van der Waals surface area contributed by atoms with Crippen LogP contribution >= 0.6 is 12.2 Å². The lowest BCUT2D eigenvalue weighted by molar-refractivity contribution is -0.119. The van der Waals surface area contributed by atoms with E-state index in [1.165, 1.54) is 0 Å². The molecule has 1 aromatic carbocycles. The first-order chi connectivity index (χ1) is 7.49. The number of amides is 1. The molecule has 0 saturated carbocycles. The first kappa shape index (κ1) is 12.6. The molecule has 0 saturated heterocycles. The molecule has 3 N–H and O–H groups in total. The molecule has 0 aliphatic heterocycles. The summed E-state index contributed by atoms with van der Waals surface area (Å²) in [4.78, 5) is 12.1. The third-order valence-electron chi connectivity index (χ3n) is 2.27. The summed E-state index contributed by atoms with van der Waals surface area (Å²) < 4.78 is 0. The van der Waals surface area contributed by atoms with Gasteiger partial charge < -0.3 is 11.1 Å². The van der Waals surface area contributed by atoms with Crippen LogP contribution in [0.1, 0.15) is 18.9 Å². The Bertz CT molecular complexity index is 387. The van der Waals surface area contributed by atoms with Gasteiger partial charge >= 0.3 is 0 Å². The average Bonchev–Trinajstić information content (AvgIpc) is 2.20. The van der Waals surface area contributed by atoms with Crippen LogP contribution in [0.4, 0.5) is 5.69 Å². The van der Waals surface area contributed by atoms with E-state index in [4.69, 9.17) is 18.0 Å². The van der Waals surface area contributed by atoms with E-state index in [-0.39, 0.29) is 11.8 Å². The molecule has 1 rings (SSSR count). The standard InChI is InChI=1S/C12H16N2OS/c1-8-3-5-10(6-4-8)14-12(15)9(2)7-11(13)16/h3-6,9H,7H2,1-2H3,(H2,13,16)(H,14,15). The summed E-state index contributed by atoms with van der Waals surface area (Å²) in [5.41, 5.74) is 7.35. The number of thiocarbonyl (C=S) groups is 1. The topological polar surface area (TPSA) is 55.1 Å². The van der Waals surface area contributed by atoms with Crippen molar-refractivity contribution < 1.29 is 4.79 Å². The van der Waals surface area contributed by atoms with E-state index in [1.54, 1.807) is 0 Å². The van der Waals surface area contributed by atoms with Gasteiger partial charge in [0.05, 0.1) is 4.99 Å². The Labute approximate surface area is 101 Å². The lowest BCUT2D eigenvalue weighted by atomic mass is 10.1. The van der Waals surface area contributed by atoms with Crippen LogP contribution < -0.4 is 11.1 Å². The maximum Gasteiger partial charge on any atom is 0.227 e. The minimum absolute atomic E-state index is 0.0587. The number of anilines is 1. The Morgan fingerprint density at radius 1 is 1.44 bits per heavy atom. The van der Waals surface area contributed by atoms with Crippen LogP contribution in [-0.2, 0) is 4.79 Å². The van der Waals surface area contributed by atoms with Crippen molar-refractivity contribution in [2.24, 2.45) is 11.7 Å². The number of hydrogen-bond donors (Lipinski definition) is 2. The quantitative estimate of drug-likeness (QED) is 0.788. The van der Waals surface area contributed by atoms with Crippen molar-refractivity contribution in [3.63, 3.8) is 0 Å². The summed E-state index contributed by atoms with van der Waals surface area (Å²) in [6.07, 6.45) is 0.438. The van der Waals surface area contributed by atoms with Gasteiger partial charge in [-0.2, -0.15) is 0 Å². The van der Waals surface area contributed by atoms with Gasteiger partial charge in [0.2, 0.25) is 5.91 Å². The highest BCUT2D eigenvalue weighted by Crippen LogP contribution is 2.11. The second-order valence-electron chi connectivity index (χ2n) is 3.93. The average molecular weight is 236 g/mol. The normalized spacial score (nSPS) is 11.9. The van der Waals surface area contributed by atoms with Crippen LogP contribution in [0, 0.1) is 12.8 Å². The van der Waals surface area contributed by atoms with Crippen molar-refractivity contribution in [2.45, 2.75) is 20.3 Å². The van der Waals surface area contributed by atoms with Crippen molar-refractivity contribution >= 4 is 28.8 Å². The summed E-state index contributed by atoms with van der Waals surface area (Å²) in [6, 6.07) is 7.66. The summed E-state index contributed by atoms with van der Waals surface area (Å²) in [5.74, 6) is -0.254. The zero-order chi connectivity index (χ0) is 12.1. The largest absolute Gasteiger partial charge is 0.393 e. The molecule has 4 heteroatoms. The Balaban J connectivity index is 2.57. The minimum atomic E-state index is -0.196. The van der Waals surface area contributed by atoms with E-state index >= 15 is 0 Å². The molecule has 1 atom stereocenters. The molecule has 1 amide bonds. The predicted octanol–water partition coefficient (Wildman–Crippen LogP) is 2.25. The van der Waals surface area contributed by atoms with E-state index in [2.05, 4.69) is 5.32 Å². The van der Waals surface area contributed by atoms with Gasteiger partial charge in [-0.15, -0.1) is 0 Å². The van der Waals surface area contributed by atoms with Gasteiger partial charge in [0.15, 0.2) is 0 Å². The zero-order valence-corrected chi connectivity index (χ0v) is 10.3. The molecule has 0 aliphatic rings. The van der Waals surface area contributed by atoms with Gasteiger partial charge in [0.1, 0.15) is 0 Å². The second kappa shape index (κ2) is 5.61. The summed E-state index contributed by atoms with van der Waals surface area (Å²) in [5, 5.41) is 2.82. The molecule has 0 radical (unpaired) electrons. The fourth-order valence-electron chi connectivity index (χ4n) is 1.30. The highest BCUT2D eigenvalue weighted by Gasteiger charge is 2.13. The maximum atomic E-state index is 11.7. The predicted molar refractivity (Wildman–Crippen MR) is 70.4 cm³/mol. The first-order valence-corrected chi connectivity index (χ1v) is 5.55. The molecule has 0 bridgehead atoms. The van der Waals surface area contributed by atoms with E-state index in [9.17, 15) is 4.79 Å². The number of benzene rings is 1. The molecular formula is C12H16N2OS. The lowest BCUT2D eigenvalue weighted by Crippen LogP contribution is -2.24. The van der Waals surface area contributed by atoms with Gasteiger partial charge in [0.25, 0.3) is 0 Å². The summed E-state index contributed by atoms with van der Waals surface area (Å²) in [6.45, 7) is 3.81. The summed E-state index contributed by atoms with van der Waals surface area (Å²) >= 11 is 4.77. The number of carbonyl (C=O) groups is 1. The molecule has 16 heavy (non-hydrogen) atoms. The fourth-order valence-corrected chi connectivity index (χ4v) is 1.55. The number of hydrogen-bond acceptors (Lipinski definition) is 2. The summed E-state index contributed by atoms with van der Waals surface area (Å²) in [7, 11) is 0. The molecule has 0 spiro atoms. The van der Waals surface area contributed by atoms with Crippen LogP contribution in [0.5, 0.6) is 0 Å². The molecule has 0 heterocycles.